The number of aromatic nitrogens is 4. The molecule has 0 saturated carbocycles. The lowest BCUT2D eigenvalue weighted by atomic mass is 10.3. The van der Waals surface area contributed by atoms with Crippen LogP contribution < -0.4 is 11.3 Å². The van der Waals surface area contributed by atoms with Gasteiger partial charge in [-0.05, 0) is 18.2 Å². The van der Waals surface area contributed by atoms with Gasteiger partial charge in [0.05, 0.1) is 5.69 Å². The summed E-state index contributed by atoms with van der Waals surface area (Å²) in [5.74, 6) is 0.0521. The van der Waals surface area contributed by atoms with Gasteiger partial charge >= 0.3 is 0 Å². The van der Waals surface area contributed by atoms with E-state index >= 15 is 0 Å². The van der Waals surface area contributed by atoms with Gasteiger partial charge in [-0.15, -0.1) is 0 Å². The number of aromatic amines is 1. The van der Waals surface area contributed by atoms with Crippen molar-refractivity contribution in [2.24, 2.45) is 0 Å². The van der Waals surface area contributed by atoms with E-state index in [1.54, 1.807) is 22.8 Å². The molecule has 0 aliphatic carbocycles. The predicted molar refractivity (Wildman–Crippen MR) is 68.9 cm³/mol. The quantitative estimate of drug-likeness (QED) is 0.692. The standard InChI is InChI=1S/C11H8ClN5O/c12-6-2-1-3-7(4-6)17-5-14-8-9(17)15-11(13)16-10(8)18/h1-5H,(H3,13,15,16,18). The lowest BCUT2D eigenvalue weighted by molar-refractivity contribution is 1.06. The lowest BCUT2D eigenvalue weighted by Crippen LogP contribution is -2.11. The highest BCUT2D eigenvalue weighted by Gasteiger charge is 2.10. The van der Waals surface area contributed by atoms with Crippen molar-refractivity contribution < 1.29 is 0 Å². The molecule has 0 saturated heterocycles. The van der Waals surface area contributed by atoms with E-state index in [4.69, 9.17) is 17.3 Å². The van der Waals surface area contributed by atoms with Gasteiger partial charge in [-0.2, -0.15) is 4.98 Å². The minimum atomic E-state index is -0.363. The number of nitrogens with two attached hydrogens (primary N) is 1. The first-order valence-electron chi connectivity index (χ1n) is 5.14. The number of nitrogens with one attached hydrogen (secondary N) is 1. The molecule has 0 aliphatic heterocycles. The van der Waals surface area contributed by atoms with Crippen LogP contribution >= 0.6 is 11.6 Å². The molecule has 7 heteroatoms. The van der Waals surface area contributed by atoms with Gasteiger partial charge in [-0.25, -0.2) is 4.98 Å². The maximum absolute atomic E-state index is 11.6. The second-order valence-electron chi connectivity index (χ2n) is 3.72. The van der Waals surface area contributed by atoms with E-state index in [1.807, 2.05) is 6.07 Å². The number of hydrogen-bond acceptors (Lipinski definition) is 4. The van der Waals surface area contributed by atoms with Crippen LogP contribution in [0.15, 0.2) is 35.4 Å². The molecule has 0 bridgehead atoms. The number of nitrogens with zero attached hydrogens (tertiary/aromatic N) is 3. The summed E-state index contributed by atoms with van der Waals surface area (Å²) in [4.78, 5) is 22.1. The third kappa shape index (κ3) is 1.63. The van der Waals surface area contributed by atoms with Gasteiger partial charge in [-0.1, -0.05) is 17.7 Å². The largest absolute Gasteiger partial charge is 0.369 e. The van der Waals surface area contributed by atoms with E-state index in [-0.39, 0.29) is 17.0 Å². The molecule has 3 aromatic rings. The molecule has 0 spiro atoms. The maximum Gasteiger partial charge on any atom is 0.280 e. The maximum atomic E-state index is 11.6. The zero-order chi connectivity index (χ0) is 12.7. The molecule has 0 atom stereocenters. The van der Waals surface area contributed by atoms with Gasteiger partial charge in [0.1, 0.15) is 6.33 Å². The van der Waals surface area contributed by atoms with Crippen LogP contribution in [0, 0.1) is 0 Å². The average Bonchev–Trinajstić information content (AvgIpc) is 2.72. The third-order valence-electron chi connectivity index (χ3n) is 2.51. The number of anilines is 1. The van der Waals surface area contributed by atoms with E-state index < -0.39 is 0 Å². The molecule has 0 fully saturated rings. The van der Waals surface area contributed by atoms with Crippen LogP contribution in [0.25, 0.3) is 16.9 Å². The Bertz CT molecular complexity index is 791. The first-order valence-corrected chi connectivity index (χ1v) is 5.52. The first-order chi connectivity index (χ1) is 8.65. The Labute approximate surface area is 106 Å². The summed E-state index contributed by atoms with van der Waals surface area (Å²) in [6.07, 6.45) is 1.51. The summed E-state index contributed by atoms with van der Waals surface area (Å²) >= 11 is 5.93. The predicted octanol–water partition coefficient (Wildman–Crippen LogP) is 1.34. The summed E-state index contributed by atoms with van der Waals surface area (Å²) in [6, 6.07) is 7.16. The minimum absolute atomic E-state index is 0.0521. The van der Waals surface area contributed by atoms with E-state index in [0.717, 1.165) is 5.69 Å². The van der Waals surface area contributed by atoms with E-state index in [9.17, 15) is 4.79 Å². The highest BCUT2D eigenvalue weighted by Crippen LogP contribution is 2.18. The lowest BCUT2D eigenvalue weighted by Gasteiger charge is -2.03. The van der Waals surface area contributed by atoms with Gasteiger partial charge in [0.25, 0.3) is 5.56 Å². The molecule has 2 aromatic heterocycles. The Morgan fingerprint density at radius 3 is 3.00 bits per heavy atom. The highest BCUT2D eigenvalue weighted by atomic mass is 35.5. The van der Waals surface area contributed by atoms with Crippen molar-refractivity contribution in [3.8, 4) is 5.69 Å². The van der Waals surface area contributed by atoms with Crippen molar-refractivity contribution in [1.82, 2.24) is 19.5 Å². The van der Waals surface area contributed by atoms with Crippen LogP contribution in [0.4, 0.5) is 5.95 Å². The molecule has 6 nitrogen and oxygen atoms in total. The number of imidazole rings is 1. The van der Waals surface area contributed by atoms with Crippen LogP contribution in [-0.2, 0) is 0 Å². The van der Waals surface area contributed by atoms with Crippen molar-refractivity contribution in [2.45, 2.75) is 0 Å². The van der Waals surface area contributed by atoms with Crippen LogP contribution in [0.1, 0.15) is 0 Å². The topological polar surface area (TPSA) is 89.6 Å². The molecule has 0 amide bonds. The van der Waals surface area contributed by atoms with Gasteiger partial charge in [0.2, 0.25) is 5.95 Å². The van der Waals surface area contributed by atoms with Crippen LogP contribution in [0.5, 0.6) is 0 Å². The molecule has 1 aromatic carbocycles. The number of benzene rings is 1. The average molecular weight is 262 g/mol. The Morgan fingerprint density at radius 1 is 1.39 bits per heavy atom. The molecule has 3 rings (SSSR count). The summed E-state index contributed by atoms with van der Waals surface area (Å²) < 4.78 is 1.66. The summed E-state index contributed by atoms with van der Waals surface area (Å²) in [7, 11) is 0. The Kier molecular flexibility index (Phi) is 2.31. The number of rotatable bonds is 1. The van der Waals surface area contributed by atoms with Crippen molar-refractivity contribution in [3.05, 3.63) is 46.0 Å². The van der Waals surface area contributed by atoms with Crippen molar-refractivity contribution in [1.29, 1.82) is 0 Å². The zero-order valence-corrected chi connectivity index (χ0v) is 9.85. The van der Waals surface area contributed by atoms with Gasteiger partial charge in [-0.3, -0.25) is 14.3 Å². The number of nitrogen functional groups attached to an aromatic ring is 1. The van der Waals surface area contributed by atoms with E-state index in [0.29, 0.717) is 10.7 Å². The molecule has 2 heterocycles. The SMILES string of the molecule is Nc1nc2c(ncn2-c2cccc(Cl)c2)c(=O)[nH]1. The van der Waals surface area contributed by atoms with Crippen LogP contribution in [-0.4, -0.2) is 19.5 Å². The van der Waals surface area contributed by atoms with Crippen molar-refractivity contribution in [3.63, 3.8) is 0 Å². The second-order valence-corrected chi connectivity index (χ2v) is 4.15. The zero-order valence-electron chi connectivity index (χ0n) is 9.09. The van der Waals surface area contributed by atoms with Crippen molar-refractivity contribution in [2.75, 3.05) is 5.73 Å². The third-order valence-corrected chi connectivity index (χ3v) is 2.75. The smallest absolute Gasteiger partial charge is 0.280 e. The number of halogens is 1. The summed E-state index contributed by atoms with van der Waals surface area (Å²) in [6.45, 7) is 0. The van der Waals surface area contributed by atoms with Gasteiger partial charge in [0, 0.05) is 5.02 Å². The van der Waals surface area contributed by atoms with E-state index in [2.05, 4.69) is 15.0 Å². The molecule has 90 valence electrons. The first kappa shape index (κ1) is 10.8. The number of fused-ring (bicyclic) bond motifs is 1. The second kappa shape index (κ2) is 3.85. The fourth-order valence-electron chi connectivity index (χ4n) is 1.74. The van der Waals surface area contributed by atoms with Gasteiger partial charge < -0.3 is 5.73 Å². The molecular formula is C11H8ClN5O. The molecule has 0 unspecified atom stereocenters. The summed E-state index contributed by atoms with van der Waals surface area (Å²) in [5.41, 5.74) is 6.57. The van der Waals surface area contributed by atoms with Crippen LogP contribution in [0.2, 0.25) is 5.02 Å². The molecule has 0 radical (unpaired) electrons. The highest BCUT2D eigenvalue weighted by molar-refractivity contribution is 6.30. The minimum Gasteiger partial charge on any atom is -0.369 e. The Morgan fingerprint density at radius 2 is 2.22 bits per heavy atom. The van der Waals surface area contributed by atoms with Crippen molar-refractivity contribution >= 4 is 28.7 Å². The molecule has 3 N–H and O–H groups in total. The van der Waals surface area contributed by atoms with E-state index in [1.165, 1.54) is 6.33 Å². The summed E-state index contributed by atoms with van der Waals surface area (Å²) in [5, 5.41) is 0.590. The molecule has 0 aliphatic rings. The van der Waals surface area contributed by atoms with Gasteiger partial charge in [0.15, 0.2) is 11.2 Å². The monoisotopic (exact) mass is 261 g/mol. The molecule has 18 heavy (non-hydrogen) atoms. The number of H-pyrrole nitrogens is 1. The number of hydrogen-bond donors (Lipinski definition) is 2. The van der Waals surface area contributed by atoms with Crippen LogP contribution in [0.3, 0.4) is 0 Å². The molecular weight excluding hydrogens is 254 g/mol. The Balaban J connectivity index is 2.34. The fraction of sp³-hybridized carbons (Fsp3) is 0. The Hall–Kier alpha value is -2.34. The normalized spacial score (nSPS) is 10.9. The fourth-order valence-corrected chi connectivity index (χ4v) is 1.93.